The molecule has 134 valence electrons. The van der Waals surface area contributed by atoms with Gasteiger partial charge in [-0.05, 0) is 36.2 Å². The molecule has 26 heavy (non-hydrogen) atoms. The summed E-state index contributed by atoms with van der Waals surface area (Å²) in [4.78, 5) is 13.6. The molecular weight excluding hydrogens is 340 g/mol. The van der Waals surface area contributed by atoms with Crippen molar-refractivity contribution in [3.63, 3.8) is 0 Å². The monoisotopic (exact) mass is 357 g/mol. The summed E-state index contributed by atoms with van der Waals surface area (Å²) in [6, 6.07) is 8.66. The molecule has 0 saturated carbocycles. The van der Waals surface area contributed by atoms with E-state index in [1.165, 1.54) is 18.2 Å². The minimum absolute atomic E-state index is 0.125. The maximum atomic E-state index is 14.1. The quantitative estimate of drug-likeness (QED) is 0.653. The lowest BCUT2D eigenvalue weighted by atomic mass is 10.0. The third-order valence-electron chi connectivity index (χ3n) is 4.55. The Morgan fingerprint density at radius 2 is 2.00 bits per heavy atom. The highest BCUT2D eigenvalue weighted by molar-refractivity contribution is 5.85. The van der Waals surface area contributed by atoms with Crippen molar-refractivity contribution in [2.45, 2.75) is 26.3 Å². The van der Waals surface area contributed by atoms with Crippen LogP contribution in [0.3, 0.4) is 0 Å². The van der Waals surface area contributed by atoms with Crippen molar-refractivity contribution in [2.75, 3.05) is 11.6 Å². The molecule has 4 nitrogen and oxygen atoms in total. The number of anilines is 1. The van der Waals surface area contributed by atoms with Crippen molar-refractivity contribution in [3.8, 4) is 5.75 Å². The molecule has 0 atom stereocenters. The first-order valence-corrected chi connectivity index (χ1v) is 8.48. The van der Waals surface area contributed by atoms with Crippen LogP contribution in [0.5, 0.6) is 5.75 Å². The molecule has 0 aliphatic carbocycles. The molecule has 1 aliphatic heterocycles. The van der Waals surface area contributed by atoms with E-state index < -0.39 is 17.3 Å². The van der Waals surface area contributed by atoms with E-state index in [2.05, 4.69) is 0 Å². The van der Waals surface area contributed by atoms with Crippen molar-refractivity contribution in [1.29, 1.82) is 0 Å². The van der Waals surface area contributed by atoms with Crippen LogP contribution in [-0.2, 0) is 13.0 Å². The Morgan fingerprint density at radius 3 is 2.77 bits per heavy atom. The van der Waals surface area contributed by atoms with Crippen LogP contribution in [0.25, 0.3) is 11.0 Å². The molecule has 0 spiro atoms. The molecule has 3 aromatic rings. The van der Waals surface area contributed by atoms with Gasteiger partial charge in [-0.2, -0.15) is 0 Å². The molecule has 2 heterocycles. The summed E-state index contributed by atoms with van der Waals surface area (Å²) in [6.45, 7) is 2.47. The van der Waals surface area contributed by atoms with Crippen molar-refractivity contribution in [1.82, 2.24) is 0 Å². The number of hydrogen-bond donors (Lipinski definition) is 0. The van der Waals surface area contributed by atoms with Crippen LogP contribution < -0.4 is 15.3 Å². The molecule has 4 rings (SSSR count). The maximum Gasteiger partial charge on any atom is 0.336 e. The predicted octanol–water partition coefficient (Wildman–Crippen LogP) is 4.38. The van der Waals surface area contributed by atoms with Crippen LogP contribution in [0, 0.1) is 11.6 Å². The number of hydrogen-bond acceptors (Lipinski definition) is 4. The summed E-state index contributed by atoms with van der Waals surface area (Å²) in [7, 11) is 0. The van der Waals surface area contributed by atoms with Gasteiger partial charge < -0.3 is 14.1 Å². The summed E-state index contributed by atoms with van der Waals surface area (Å²) in [5.41, 5.74) is 1.89. The lowest BCUT2D eigenvalue weighted by Gasteiger charge is -2.31. The summed E-state index contributed by atoms with van der Waals surface area (Å²) in [5.74, 6) is -0.691. The minimum atomic E-state index is -0.662. The second-order valence-electron chi connectivity index (χ2n) is 6.33. The minimum Gasteiger partial charge on any atom is -0.473 e. The lowest BCUT2D eigenvalue weighted by molar-refractivity contribution is 0.287. The van der Waals surface area contributed by atoms with Gasteiger partial charge in [0.2, 0.25) is 0 Å². The normalized spacial score (nSPS) is 13.6. The third kappa shape index (κ3) is 2.81. The number of fused-ring (bicyclic) bond motifs is 3. The van der Waals surface area contributed by atoms with Crippen molar-refractivity contribution < 1.29 is 17.9 Å². The first-order valence-electron chi connectivity index (χ1n) is 8.48. The molecule has 0 bridgehead atoms. The van der Waals surface area contributed by atoms with E-state index in [0.29, 0.717) is 23.4 Å². The number of rotatable bonds is 3. The van der Waals surface area contributed by atoms with E-state index in [-0.39, 0.29) is 12.4 Å². The smallest absolute Gasteiger partial charge is 0.336 e. The zero-order chi connectivity index (χ0) is 18.3. The van der Waals surface area contributed by atoms with E-state index in [9.17, 15) is 13.6 Å². The molecule has 0 amide bonds. The highest BCUT2D eigenvalue weighted by Crippen LogP contribution is 2.35. The van der Waals surface area contributed by atoms with Gasteiger partial charge in [-0.3, -0.25) is 0 Å². The Kier molecular flexibility index (Phi) is 4.11. The van der Waals surface area contributed by atoms with Crippen molar-refractivity contribution in [2.24, 2.45) is 0 Å². The van der Waals surface area contributed by atoms with Crippen LogP contribution in [0.4, 0.5) is 14.5 Å². The number of aryl methyl sites for hydroxylation is 1. The molecule has 6 heteroatoms. The molecule has 2 aromatic carbocycles. The van der Waals surface area contributed by atoms with E-state index in [1.54, 1.807) is 4.90 Å². The first-order chi connectivity index (χ1) is 12.6. The Bertz CT molecular complexity index is 1050. The molecule has 1 aromatic heterocycles. The summed E-state index contributed by atoms with van der Waals surface area (Å²) >= 11 is 0. The number of halogens is 2. The van der Waals surface area contributed by atoms with Crippen LogP contribution in [0.15, 0.2) is 45.6 Å². The number of nitrogens with zero attached hydrogens (tertiary/aromatic N) is 1. The van der Waals surface area contributed by atoms with E-state index in [0.717, 1.165) is 29.9 Å². The van der Waals surface area contributed by atoms with Gasteiger partial charge in [0.25, 0.3) is 0 Å². The van der Waals surface area contributed by atoms with Crippen LogP contribution >= 0.6 is 0 Å². The fourth-order valence-electron chi connectivity index (χ4n) is 3.37. The zero-order valence-electron chi connectivity index (χ0n) is 14.2. The third-order valence-corrected chi connectivity index (χ3v) is 4.55. The van der Waals surface area contributed by atoms with E-state index >= 15 is 0 Å². The van der Waals surface area contributed by atoms with Gasteiger partial charge in [-0.1, -0.05) is 13.3 Å². The van der Waals surface area contributed by atoms with Gasteiger partial charge >= 0.3 is 5.63 Å². The number of benzene rings is 2. The summed E-state index contributed by atoms with van der Waals surface area (Å²) < 4.78 is 38.5. The standard InChI is InChI=1S/C20H17F2NO3/c1-2-3-12-8-19(24)26-20-14(12)5-7-18-15(20)10-23(11-25-18)17-6-4-13(21)9-16(17)22/h4-9H,2-3,10-11H2,1H3. The molecule has 0 unspecified atom stereocenters. The second kappa shape index (κ2) is 6.44. The molecular formula is C20H17F2NO3. The molecule has 0 fully saturated rings. The van der Waals surface area contributed by atoms with E-state index in [4.69, 9.17) is 9.15 Å². The topological polar surface area (TPSA) is 42.7 Å². The SMILES string of the molecule is CCCc1cc(=O)oc2c3c(ccc12)OCN(c1ccc(F)cc1F)C3. The highest BCUT2D eigenvalue weighted by atomic mass is 19.1. The van der Waals surface area contributed by atoms with Crippen molar-refractivity contribution in [3.05, 3.63) is 69.6 Å². The molecule has 0 N–H and O–H groups in total. The van der Waals surface area contributed by atoms with Gasteiger partial charge in [0.05, 0.1) is 17.8 Å². The van der Waals surface area contributed by atoms with Gasteiger partial charge in [0, 0.05) is 17.5 Å². The number of ether oxygens (including phenoxy) is 1. The van der Waals surface area contributed by atoms with Gasteiger partial charge in [0.15, 0.2) is 6.73 Å². The average Bonchev–Trinajstić information content (AvgIpc) is 2.61. The van der Waals surface area contributed by atoms with Gasteiger partial charge in [-0.15, -0.1) is 0 Å². The largest absolute Gasteiger partial charge is 0.473 e. The highest BCUT2D eigenvalue weighted by Gasteiger charge is 2.24. The second-order valence-corrected chi connectivity index (χ2v) is 6.33. The van der Waals surface area contributed by atoms with Crippen LogP contribution in [-0.4, -0.2) is 6.73 Å². The fourth-order valence-corrected chi connectivity index (χ4v) is 3.37. The molecule has 1 aliphatic rings. The van der Waals surface area contributed by atoms with Crippen molar-refractivity contribution >= 4 is 16.7 Å². The van der Waals surface area contributed by atoms with Gasteiger partial charge in [-0.25, -0.2) is 13.6 Å². The van der Waals surface area contributed by atoms with E-state index in [1.807, 2.05) is 19.1 Å². The Morgan fingerprint density at radius 1 is 1.15 bits per heavy atom. The van der Waals surface area contributed by atoms with Crippen LogP contribution in [0.2, 0.25) is 0 Å². The maximum absolute atomic E-state index is 14.1. The predicted molar refractivity (Wildman–Crippen MR) is 94.5 cm³/mol. The Labute approximate surface area is 148 Å². The fraction of sp³-hybridized carbons (Fsp3) is 0.250. The first kappa shape index (κ1) is 16.6. The Hall–Kier alpha value is -2.89. The lowest BCUT2D eigenvalue weighted by Crippen LogP contribution is -2.32. The van der Waals surface area contributed by atoms with Crippen LogP contribution in [0.1, 0.15) is 24.5 Å². The zero-order valence-corrected chi connectivity index (χ0v) is 14.2. The van der Waals surface area contributed by atoms with Gasteiger partial charge in [0.1, 0.15) is 23.0 Å². The Balaban J connectivity index is 1.82. The average molecular weight is 357 g/mol. The molecule has 0 saturated heterocycles. The summed E-state index contributed by atoms with van der Waals surface area (Å²) in [6.07, 6.45) is 1.66. The molecule has 0 radical (unpaired) electrons. The summed E-state index contributed by atoms with van der Waals surface area (Å²) in [5, 5.41) is 0.857.